The molecule has 32 heavy (non-hydrogen) atoms. The zero-order valence-corrected chi connectivity index (χ0v) is 19.1. The maximum Gasteiger partial charge on any atom is 0.337 e. The van der Waals surface area contributed by atoms with E-state index in [1.54, 1.807) is 12.1 Å². The molecule has 0 aliphatic carbocycles. The predicted octanol–water partition coefficient (Wildman–Crippen LogP) is 3.26. The topological polar surface area (TPSA) is 76.5 Å². The Morgan fingerprint density at radius 3 is 2.53 bits per heavy atom. The zero-order valence-electron chi connectivity index (χ0n) is 19.1. The van der Waals surface area contributed by atoms with Crippen LogP contribution >= 0.6 is 0 Å². The molecule has 0 atom stereocenters. The minimum Gasteiger partial charge on any atom is -0.465 e. The predicted molar refractivity (Wildman–Crippen MR) is 126 cm³/mol. The van der Waals surface area contributed by atoms with Crippen LogP contribution < -0.4 is 5.32 Å². The molecule has 2 aromatic carbocycles. The van der Waals surface area contributed by atoms with Crippen LogP contribution in [0.15, 0.2) is 48.5 Å². The van der Waals surface area contributed by atoms with Crippen molar-refractivity contribution in [3.05, 3.63) is 65.5 Å². The number of imidazole rings is 1. The minimum atomic E-state index is -0.406. The van der Waals surface area contributed by atoms with Crippen molar-refractivity contribution in [3.8, 4) is 0 Å². The number of aromatic nitrogens is 2. The summed E-state index contributed by atoms with van der Waals surface area (Å²) >= 11 is 0. The normalized spacial score (nSPS) is 11.1. The zero-order chi connectivity index (χ0) is 22.9. The molecule has 3 aromatic rings. The average Bonchev–Trinajstić information content (AvgIpc) is 3.15. The van der Waals surface area contributed by atoms with Crippen molar-refractivity contribution in [2.45, 2.75) is 33.2 Å². The molecule has 0 saturated heterocycles. The van der Waals surface area contributed by atoms with Crippen molar-refractivity contribution in [2.75, 3.05) is 33.3 Å². The highest BCUT2D eigenvalue weighted by Crippen LogP contribution is 2.21. The monoisotopic (exact) mass is 436 g/mol. The highest BCUT2D eigenvalue weighted by molar-refractivity contribution is 5.94. The Hall–Kier alpha value is -3.19. The molecule has 1 aromatic heterocycles. The molecule has 0 radical (unpaired) electrons. The van der Waals surface area contributed by atoms with E-state index in [4.69, 9.17) is 9.72 Å². The number of amides is 1. The first-order chi connectivity index (χ1) is 15.5. The van der Waals surface area contributed by atoms with E-state index in [0.29, 0.717) is 30.0 Å². The van der Waals surface area contributed by atoms with E-state index in [2.05, 4.69) is 24.1 Å². The lowest BCUT2D eigenvalue weighted by atomic mass is 10.2. The lowest BCUT2D eigenvalue weighted by Gasteiger charge is -2.17. The third-order valence-electron chi connectivity index (χ3n) is 5.62. The van der Waals surface area contributed by atoms with Gasteiger partial charge in [-0.05, 0) is 49.8 Å². The number of ether oxygens (including phenoxy) is 1. The van der Waals surface area contributed by atoms with Crippen LogP contribution in [0, 0.1) is 0 Å². The molecule has 0 unspecified atom stereocenters. The quantitative estimate of drug-likeness (QED) is 0.369. The minimum absolute atomic E-state index is 0.0534. The Balaban J connectivity index is 1.78. The fourth-order valence-corrected chi connectivity index (χ4v) is 3.78. The molecule has 0 spiro atoms. The van der Waals surface area contributed by atoms with E-state index in [0.717, 1.165) is 37.1 Å². The first kappa shape index (κ1) is 23.5. The molecule has 170 valence electrons. The highest BCUT2D eigenvalue weighted by Gasteiger charge is 2.16. The van der Waals surface area contributed by atoms with Crippen molar-refractivity contribution in [2.24, 2.45) is 0 Å². The van der Waals surface area contributed by atoms with Gasteiger partial charge in [0.2, 0.25) is 5.91 Å². The summed E-state index contributed by atoms with van der Waals surface area (Å²) in [6, 6.07) is 15.4. The van der Waals surface area contributed by atoms with Gasteiger partial charge >= 0.3 is 5.97 Å². The van der Waals surface area contributed by atoms with Crippen LogP contribution in [0.3, 0.4) is 0 Å². The first-order valence-corrected chi connectivity index (χ1v) is 11.2. The van der Waals surface area contributed by atoms with Crippen LogP contribution in [0.5, 0.6) is 0 Å². The standard InChI is InChI=1S/C25H32N4O3/c1-4-28(5-2)15-9-14-26-24(30)17-23-27-21-16-20(25(31)32-3)12-13-22(21)29(23)18-19-10-7-6-8-11-19/h6-8,10-13,16H,4-5,9,14-15,17-18H2,1-3H3,(H,26,30). The van der Waals surface area contributed by atoms with Crippen LogP contribution in [0.2, 0.25) is 0 Å². The van der Waals surface area contributed by atoms with E-state index in [1.165, 1.54) is 7.11 Å². The molecule has 0 saturated carbocycles. The lowest BCUT2D eigenvalue weighted by Crippen LogP contribution is -2.31. The number of nitrogens with zero attached hydrogens (tertiary/aromatic N) is 3. The van der Waals surface area contributed by atoms with Gasteiger partial charge in [0, 0.05) is 13.1 Å². The van der Waals surface area contributed by atoms with Crippen LogP contribution in [0.25, 0.3) is 11.0 Å². The van der Waals surface area contributed by atoms with Gasteiger partial charge in [0.1, 0.15) is 5.82 Å². The van der Waals surface area contributed by atoms with Crippen LogP contribution in [0.1, 0.15) is 42.0 Å². The lowest BCUT2D eigenvalue weighted by molar-refractivity contribution is -0.120. The van der Waals surface area contributed by atoms with Gasteiger partial charge in [0.25, 0.3) is 0 Å². The average molecular weight is 437 g/mol. The van der Waals surface area contributed by atoms with Crippen molar-refractivity contribution in [3.63, 3.8) is 0 Å². The van der Waals surface area contributed by atoms with Crippen LogP contribution in [-0.2, 0) is 22.5 Å². The number of carbonyl (C=O) groups is 2. The number of rotatable bonds is 11. The Kier molecular flexibility index (Phi) is 8.39. The molecule has 0 fully saturated rings. The summed E-state index contributed by atoms with van der Waals surface area (Å²) in [5.74, 6) is 0.214. The smallest absolute Gasteiger partial charge is 0.337 e. The van der Waals surface area contributed by atoms with Gasteiger partial charge in [0.15, 0.2) is 0 Å². The second-order valence-corrected chi connectivity index (χ2v) is 7.70. The largest absolute Gasteiger partial charge is 0.465 e. The van der Waals surface area contributed by atoms with Gasteiger partial charge in [-0.1, -0.05) is 44.2 Å². The summed E-state index contributed by atoms with van der Waals surface area (Å²) in [5, 5.41) is 3.02. The second kappa shape index (κ2) is 11.4. The van der Waals surface area contributed by atoms with Gasteiger partial charge in [-0.15, -0.1) is 0 Å². The third kappa shape index (κ3) is 5.95. The van der Waals surface area contributed by atoms with Gasteiger partial charge in [-0.25, -0.2) is 9.78 Å². The molecular formula is C25H32N4O3. The van der Waals surface area contributed by atoms with E-state index in [9.17, 15) is 9.59 Å². The number of hydrogen-bond donors (Lipinski definition) is 1. The molecule has 0 aliphatic heterocycles. The van der Waals surface area contributed by atoms with Gasteiger partial charge in [0.05, 0.1) is 30.1 Å². The van der Waals surface area contributed by atoms with E-state index in [-0.39, 0.29) is 12.3 Å². The molecule has 7 heteroatoms. The summed E-state index contributed by atoms with van der Waals surface area (Å²) < 4.78 is 6.87. The SMILES string of the molecule is CCN(CC)CCCNC(=O)Cc1nc2cc(C(=O)OC)ccc2n1Cc1ccccc1. The van der Waals surface area contributed by atoms with Gasteiger partial charge in [-0.2, -0.15) is 0 Å². The van der Waals surface area contributed by atoms with Crippen LogP contribution in [0.4, 0.5) is 0 Å². The maximum absolute atomic E-state index is 12.6. The number of methoxy groups -OCH3 is 1. The summed E-state index contributed by atoms with van der Waals surface area (Å²) in [6.45, 7) is 8.52. The number of carbonyl (C=O) groups excluding carboxylic acids is 2. The van der Waals surface area contributed by atoms with E-state index < -0.39 is 5.97 Å². The first-order valence-electron chi connectivity index (χ1n) is 11.2. The molecule has 1 heterocycles. The van der Waals surface area contributed by atoms with Gasteiger partial charge in [-0.3, -0.25) is 4.79 Å². The fraction of sp³-hybridized carbons (Fsp3) is 0.400. The fourth-order valence-electron chi connectivity index (χ4n) is 3.78. The molecule has 0 aliphatic rings. The summed E-state index contributed by atoms with van der Waals surface area (Å²) in [6.07, 6.45) is 1.09. The van der Waals surface area contributed by atoms with Crippen molar-refractivity contribution in [1.29, 1.82) is 0 Å². The number of benzene rings is 2. The summed E-state index contributed by atoms with van der Waals surface area (Å²) in [5.41, 5.74) is 3.11. The molecule has 1 amide bonds. The van der Waals surface area contributed by atoms with E-state index >= 15 is 0 Å². The molecule has 0 bridgehead atoms. The number of hydrogen-bond acceptors (Lipinski definition) is 5. The maximum atomic E-state index is 12.6. The Labute approximate surface area is 189 Å². The molecule has 1 N–H and O–H groups in total. The Morgan fingerprint density at radius 2 is 1.84 bits per heavy atom. The van der Waals surface area contributed by atoms with E-state index in [1.807, 2.05) is 41.0 Å². The molecule has 7 nitrogen and oxygen atoms in total. The Morgan fingerprint density at radius 1 is 1.09 bits per heavy atom. The number of esters is 1. The van der Waals surface area contributed by atoms with Crippen molar-refractivity contribution < 1.29 is 14.3 Å². The van der Waals surface area contributed by atoms with Gasteiger partial charge < -0.3 is 19.5 Å². The number of nitrogens with one attached hydrogen (secondary N) is 1. The third-order valence-corrected chi connectivity index (χ3v) is 5.62. The molecular weight excluding hydrogens is 404 g/mol. The van der Waals surface area contributed by atoms with Crippen LogP contribution in [-0.4, -0.2) is 59.6 Å². The summed E-state index contributed by atoms with van der Waals surface area (Å²) in [4.78, 5) is 31.6. The van der Waals surface area contributed by atoms with Crippen molar-refractivity contribution >= 4 is 22.9 Å². The summed E-state index contributed by atoms with van der Waals surface area (Å²) in [7, 11) is 1.36. The Bertz CT molecular complexity index is 1040. The molecule has 3 rings (SSSR count). The number of fused-ring (bicyclic) bond motifs is 1. The second-order valence-electron chi connectivity index (χ2n) is 7.70. The highest BCUT2D eigenvalue weighted by atomic mass is 16.5. The van der Waals surface area contributed by atoms with Crippen molar-refractivity contribution in [1.82, 2.24) is 19.8 Å².